The summed E-state index contributed by atoms with van der Waals surface area (Å²) in [6.45, 7) is -0.297. The van der Waals surface area contributed by atoms with Gasteiger partial charge in [0.25, 0.3) is 0 Å². The largest absolute Gasteiger partial charge is 0.392 e. The SMILES string of the molecule is O=C(NCc1ccc(F)c(CO)c1)C1(c2ccc(F)cc2F)CCC1. The third-order valence-corrected chi connectivity index (χ3v) is 4.82. The highest BCUT2D eigenvalue weighted by molar-refractivity contribution is 5.89. The lowest BCUT2D eigenvalue weighted by molar-refractivity contribution is -0.130. The number of rotatable bonds is 5. The van der Waals surface area contributed by atoms with Crippen LogP contribution in [0.15, 0.2) is 36.4 Å². The molecule has 1 amide bonds. The van der Waals surface area contributed by atoms with Gasteiger partial charge < -0.3 is 10.4 Å². The molecule has 0 aliphatic heterocycles. The number of aliphatic hydroxyl groups is 1. The Bertz CT molecular complexity index is 803. The summed E-state index contributed by atoms with van der Waals surface area (Å²) in [5, 5.41) is 11.8. The Morgan fingerprint density at radius 1 is 1.08 bits per heavy atom. The Kier molecular flexibility index (Phi) is 4.81. The zero-order chi connectivity index (χ0) is 18.0. The standard InChI is InChI=1S/C19H18F3NO2/c20-14-3-4-15(17(22)9-14)19(6-1-7-19)18(25)23-10-12-2-5-16(21)13(8-12)11-24/h2-5,8-9,24H,1,6-7,10-11H2,(H,23,25). The van der Waals surface area contributed by atoms with Crippen molar-refractivity contribution in [3.05, 3.63) is 70.5 Å². The maximum Gasteiger partial charge on any atom is 0.231 e. The van der Waals surface area contributed by atoms with Gasteiger partial charge in [0, 0.05) is 23.7 Å². The predicted molar refractivity (Wildman–Crippen MR) is 86.1 cm³/mol. The van der Waals surface area contributed by atoms with Crippen LogP contribution in [-0.2, 0) is 23.4 Å². The molecule has 132 valence electrons. The van der Waals surface area contributed by atoms with E-state index in [0.717, 1.165) is 18.6 Å². The lowest BCUT2D eigenvalue weighted by atomic mass is 9.63. The third kappa shape index (κ3) is 3.26. The second kappa shape index (κ2) is 6.88. The highest BCUT2D eigenvalue weighted by atomic mass is 19.1. The monoisotopic (exact) mass is 349 g/mol. The third-order valence-electron chi connectivity index (χ3n) is 4.82. The van der Waals surface area contributed by atoms with Crippen LogP contribution in [0.2, 0.25) is 0 Å². The van der Waals surface area contributed by atoms with E-state index in [-0.39, 0.29) is 23.6 Å². The molecule has 6 heteroatoms. The number of carbonyl (C=O) groups excluding carboxylic acids is 1. The van der Waals surface area contributed by atoms with E-state index in [1.807, 2.05) is 0 Å². The number of benzene rings is 2. The zero-order valence-electron chi connectivity index (χ0n) is 13.5. The molecule has 1 aliphatic carbocycles. The number of amides is 1. The van der Waals surface area contributed by atoms with E-state index in [9.17, 15) is 18.0 Å². The van der Waals surface area contributed by atoms with Gasteiger partial charge in [-0.25, -0.2) is 13.2 Å². The highest BCUT2D eigenvalue weighted by Gasteiger charge is 2.47. The fraction of sp³-hybridized carbons (Fsp3) is 0.316. The van der Waals surface area contributed by atoms with Crippen molar-refractivity contribution in [2.24, 2.45) is 0 Å². The summed E-state index contributed by atoms with van der Waals surface area (Å²) >= 11 is 0. The van der Waals surface area contributed by atoms with Crippen LogP contribution in [-0.4, -0.2) is 11.0 Å². The van der Waals surface area contributed by atoms with Crippen LogP contribution >= 0.6 is 0 Å². The van der Waals surface area contributed by atoms with E-state index in [1.54, 1.807) is 0 Å². The van der Waals surface area contributed by atoms with Crippen molar-refractivity contribution in [2.75, 3.05) is 0 Å². The summed E-state index contributed by atoms with van der Waals surface area (Å²) in [4.78, 5) is 12.7. The molecule has 1 aliphatic rings. The summed E-state index contributed by atoms with van der Waals surface area (Å²) in [5.74, 6) is -2.25. The highest BCUT2D eigenvalue weighted by Crippen LogP contribution is 2.45. The van der Waals surface area contributed by atoms with Gasteiger partial charge in [-0.3, -0.25) is 4.79 Å². The molecule has 1 fully saturated rings. The van der Waals surface area contributed by atoms with Crippen molar-refractivity contribution in [1.29, 1.82) is 0 Å². The number of aliphatic hydroxyl groups excluding tert-OH is 1. The van der Waals surface area contributed by atoms with Crippen molar-refractivity contribution in [3.63, 3.8) is 0 Å². The molecule has 3 rings (SSSR count). The minimum Gasteiger partial charge on any atom is -0.392 e. The Morgan fingerprint density at radius 2 is 1.84 bits per heavy atom. The van der Waals surface area contributed by atoms with Crippen molar-refractivity contribution in [3.8, 4) is 0 Å². The average molecular weight is 349 g/mol. The molecule has 0 aromatic heterocycles. The van der Waals surface area contributed by atoms with Crippen molar-refractivity contribution in [2.45, 2.75) is 37.8 Å². The van der Waals surface area contributed by atoms with Crippen LogP contribution < -0.4 is 5.32 Å². The summed E-state index contributed by atoms with van der Waals surface area (Å²) in [5.41, 5.74) is -0.00667. The lowest BCUT2D eigenvalue weighted by Gasteiger charge is -2.40. The number of carbonyl (C=O) groups is 1. The van der Waals surface area contributed by atoms with Gasteiger partial charge >= 0.3 is 0 Å². The molecule has 0 saturated heterocycles. The van der Waals surface area contributed by atoms with Gasteiger partial charge in [0.1, 0.15) is 17.5 Å². The van der Waals surface area contributed by atoms with E-state index in [1.165, 1.54) is 24.3 Å². The number of hydrogen-bond donors (Lipinski definition) is 2. The topological polar surface area (TPSA) is 49.3 Å². The van der Waals surface area contributed by atoms with Crippen LogP contribution in [0.3, 0.4) is 0 Å². The summed E-state index contributed by atoms with van der Waals surface area (Å²) < 4.78 is 40.7. The first-order valence-corrected chi connectivity index (χ1v) is 8.08. The van der Waals surface area contributed by atoms with Gasteiger partial charge in [0.15, 0.2) is 0 Å². The van der Waals surface area contributed by atoms with Gasteiger partial charge in [-0.05, 0) is 36.6 Å². The molecule has 0 radical (unpaired) electrons. The normalized spacial score (nSPS) is 15.5. The minimum absolute atomic E-state index is 0.136. The minimum atomic E-state index is -0.988. The van der Waals surface area contributed by atoms with Gasteiger partial charge in [-0.2, -0.15) is 0 Å². The number of halogens is 3. The molecular formula is C19H18F3NO2. The molecule has 25 heavy (non-hydrogen) atoms. The van der Waals surface area contributed by atoms with Crippen LogP contribution in [0.25, 0.3) is 0 Å². The first-order valence-electron chi connectivity index (χ1n) is 8.08. The molecule has 2 aromatic rings. The number of hydrogen-bond acceptors (Lipinski definition) is 2. The van der Waals surface area contributed by atoms with Gasteiger partial charge in [0.2, 0.25) is 5.91 Å². The average Bonchev–Trinajstić information content (AvgIpc) is 2.55. The van der Waals surface area contributed by atoms with Crippen LogP contribution in [0.1, 0.15) is 36.0 Å². The Balaban J connectivity index is 1.77. The van der Waals surface area contributed by atoms with Gasteiger partial charge in [-0.1, -0.05) is 18.6 Å². The quantitative estimate of drug-likeness (QED) is 0.870. The fourth-order valence-corrected chi connectivity index (χ4v) is 3.24. The molecule has 0 spiro atoms. The fourth-order valence-electron chi connectivity index (χ4n) is 3.24. The van der Waals surface area contributed by atoms with Gasteiger partial charge in [-0.15, -0.1) is 0 Å². The molecule has 2 N–H and O–H groups in total. The van der Waals surface area contributed by atoms with Crippen molar-refractivity contribution < 1.29 is 23.1 Å². The van der Waals surface area contributed by atoms with Gasteiger partial charge in [0.05, 0.1) is 12.0 Å². The second-order valence-electron chi connectivity index (χ2n) is 6.33. The first kappa shape index (κ1) is 17.5. The Hall–Kier alpha value is -2.34. The Labute approximate surface area is 143 Å². The maximum atomic E-state index is 14.1. The molecule has 1 saturated carbocycles. The van der Waals surface area contributed by atoms with Crippen LogP contribution in [0.4, 0.5) is 13.2 Å². The second-order valence-corrected chi connectivity index (χ2v) is 6.33. The van der Waals surface area contributed by atoms with E-state index in [2.05, 4.69) is 5.32 Å². The predicted octanol–water partition coefficient (Wildman–Crippen LogP) is 3.33. The lowest BCUT2D eigenvalue weighted by Crippen LogP contribution is -2.49. The van der Waals surface area contributed by atoms with Crippen molar-refractivity contribution >= 4 is 5.91 Å². The summed E-state index contributed by atoms with van der Waals surface area (Å²) in [7, 11) is 0. The molecular weight excluding hydrogens is 331 g/mol. The van der Waals surface area contributed by atoms with E-state index >= 15 is 0 Å². The maximum absolute atomic E-state index is 14.1. The number of nitrogens with one attached hydrogen (secondary N) is 1. The van der Waals surface area contributed by atoms with E-state index in [4.69, 9.17) is 5.11 Å². The van der Waals surface area contributed by atoms with Crippen LogP contribution in [0.5, 0.6) is 0 Å². The molecule has 0 bridgehead atoms. The molecule has 0 unspecified atom stereocenters. The van der Waals surface area contributed by atoms with Crippen molar-refractivity contribution in [1.82, 2.24) is 5.32 Å². The Morgan fingerprint density at radius 3 is 2.44 bits per heavy atom. The van der Waals surface area contributed by atoms with E-state index < -0.39 is 29.5 Å². The molecule has 0 heterocycles. The molecule has 3 nitrogen and oxygen atoms in total. The zero-order valence-corrected chi connectivity index (χ0v) is 13.5. The van der Waals surface area contributed by atoms with E-state index in [0.29, 0.717) is 18.4 Å². The molecule has 2 aromatic carbocycles. The smallest absolute Gasteiger partial charge is 0.231 e. The summed E-state index contributed by atoms with van der Waals surface area (Å²) in [6.07, 6.45) is 1.77. The summed E-state index contributed by atoms with van der Waals surface area (Å²) in [6, 6.07) is 7.48. The van der Waals surface area contributed by atoms with Crippen LogP contribution in [0, 0.1) is 17.5 Å². The molecule has 0 atom stereocenters. The first-order chi connectivity index (χ1) is 12.0.